The molecule has 0 radical (unpaired) electrons. The fraction of sp³-hybridized carbons (Fsp3) is 0.812. The highest BCUT2D eigenvalue weighted by atomic mass is 16.6. The summed E-state index contributed by atoms with van der Waals surface area (Å²) in [4.78, 5) is 22.9. The Kier molecular flexibility index (Phi) is 4.13. The number of hydrogen-bond donors (Lipinski definition) is 0. The van der Waals surface area contributed by atoms with Crippen LogP contribution in [0.4, 0.5) is 0 Å². The molecule has 0 aliphatic heterocycles. The quantitative estimate of drug-likeness (QED) is 0.338. The summed E-state index contributed by atoms with van der Waals surface area (Å²) in [6.45, 7) is 7.44. The molecule has 2 aliphatic carbocycles. The van der Waals surface area contributed by atoms with E-state index in [4.69, 9.17) is 4.74 Å². The van der Waals surface area contributed by atoms with Crippen LogP contribution in [0.2, 0.25) is 0 Å². The molecule has 2 rings (SSSR count). The van der Waals surface area contributed by atoms with Gasteiger partial charge in [0.2, 0.25) is 6.54 Å². The summed E-state index contributed by atoms with van der Waals surface area (Å²) in [6.07, 6.45) is 6.22. The van der Waals surface area contributed by atoms with E-state index in [2.05, 4.69) is 19.1 Å². The van der Waals surface area contributed by atoms with E-state index in [1.807, 2.05) is 20.8 Å². The van der Waals surface area contributed by atoms with Gasteiger partial charge in [0.15, 0.2) is 0 Å². The van der Waals surface area contributed by atoms with Crippen molar-refractivity contribution in [1.29, 1.82) is 0 Å². The minimum Gasteiger partial charge on any atom is -0.460 e. The van der Waals surface area contributed by atoms with Gasteiger partial charge in [-0.15, -0.1) is 0 Å². The first kappa shape index (κ1) is 16.0. The zero-order valence-corrected chi connectivity index (χ0v) is 13.3. The molecule has 1 fully saturated rings. The van der Waals surface area contributed by atoms with Crippen LogP contribution in [0.25, 0.3) is 0 Å². The van der Waals surface area contributed by atoms with Crippen molar-refractivity contribution < 1.29 is 14.5 Å². The Hall–Kier alpha value is -1.39. The van der Waals surface area contributed by atoms with Gasteiger partial charge >= 0.3 is 5.97 Å². The van der Waals surface area contributed by atoms with Crippen LogP contribution in [-0.4, -0.2) is 23.0 Å². The third kappa shape index (κ3) is 3.27. The van der Waals surface area contributed by atoms with Gasteiger partial charge in [-0.2, -0.15) is 0 Å². The summed E-state index contributed by atoms with van der Waals surface area (Å²) in [6, 6.07) is 0. The second-order valence-corrected chi connectivity index (χ2v) is 7.47. The van der Waals surface area contributed by atoms with Gasteiger partial charge in [-0.3, -0.25) is 14.9 Å². The smallest absolute Gasteiger partial charge is 0.307 e. The van der Waals surface area contributed by atoms with Crippen LogP contribution in [0.3, 0.4) is 0 Å². The Labute approximate surface area is 125 Å². The fourth-order valence-electron chi connectivity index (χ4n) is 3.97. The topological polar surface area (TPSA) is 69.4 Å². The molecule has 21 heavy (non-hydrogen) atoms. The van der Waals surface area contributed by atoms with Crippen molar-refractivity contribution in [1.82, 2.24) is 0 Å². The van der Waals surface area contributed by atoms with Gasteiger partial charge < -0.3 is 4.74 Å². The van der Waals surface area contributed by atoms with Gasteiger partial charge in [0, 0.05) is 4.92 Å². The van der Waals surface area contributed by atoms with Crippen LogP contribution >= 0.6 is 0 Å². The fourth-order valence-corrected chi connectivity index (χ4v) is 3.97. The molecule has 118 valence electrons. The first-order valence-corrected chi connectivity index (χ1v) is 7.69. The molecule has 5 nitrogen and oxygen atoms in total. The van der Waals surface area contributed by atoms with Gasteiger partial charge in [-0.25, -0.2) is 0 Å². The molecule has 4 atom stereocenters. The highest BCUT2D eigenvalue weighted by Gasteiger charge is 2.60. The van der Waals surface area contributed by atoms with E-state index in [-0.39, 0.29) is 29.8 Å². The third-order valence-electron chi connectivity index (χ3n) is 4.76. The van der Waals surface area contributed by atoms with Crippen LogP contribution in [0, 0.1) is 33.3 Å². The molecule has 0 bridgehead atoms. The molecule has 1 unspecified atom stereocenters. The first-order valence-electron chi connectivity index (χ1n) is 7.69. The zero-order valence-electron chi connectivity index (χ0n) is 13.3. The number of carbonyl (C=O) groups is 1. The summed E-state index contributed by atoms with van der Waals surface area (Å²) < 4.78 is 5.37. The van der Waals surface area contributed by atoms with Gasteiger partial charge in [0.05, 0.1) is 11.8 Å². The average Bonchev–Trinajstić information content (AvgIpc) is 2.62. The number of ether oxygens (including phenoxy) is 1. The molecule has 2 aliphatic rings. The number of nitrogens with zero attached hydrogens (tertiary/aromatic N) is 1. The second kappa shape index (κ2) is 5.43. The number of nitro groups is 1. The summed E-state index contributed by atoms with van der Waals surface area (Å²) in [5.74, 6) is 0.808. The minimum absolute atomic E-state index is 0.145. The van der Waals surface area contributed by atoms with Gasteiger partial charge in [0.25, 0.3) is 0 Å². The van der Waals surface area contributed by atoms with Crippen LogP contribution in [-0.2, 0) is 9.53 Å². The molecule has 1 saturated carbocycles. The van der Waals surface area contributed by atoms with Crippen molar-refractivity contribution in [3.63, 3.8) is 0 Å². The number of rotatable bonds is 5. The number of esters is 1. The number of hydrogen-bond acceptors (Lipinski definition) is 4. The maximum atomic E-state index is 12.1. The lowest BCUT2D eigenvalue weighted by atomic mass is 9.51. The van der Waals surface area contributed by atoms with E-state index in [1.165, 1.54) is 0 Å². The van der Waals surface area contributed by atoms with Crippen LogP contribution < -0.4 is 0 Å². The summed E-state index contributed by atoms with van der Waals surface area (Å²) in [5.41, 5.74) is -1.09. The van der Waals surface area contributed by atoms with E-state index in [0.29, 0.717) is 11.8 Å². The Morgan fingerprint density at radius 2 is 2.10 bits per heavy atom. The molecule has 0 aromatic heterocycles. The maximum absolute atomic E-state index is 12.1. The molecule has 0 aromatic rings. The monoisotopic (exact) mass is 295 g/mol. The SMILES string of the molecule is CCC1C=C[C@@H]2[C@H]1C[C@@]2(CC(=O)OC(C)(C)C)C[N+](=O)[O-]. The van der Waals surface area contributed by atoms with Crippen molar-refractivity contribution in [2.45, 2.75) is 52.6 Å². The lowest BCUT2D eigenvalue weighted by molar-refractivity contribution is -0.506. The van der Waals surface area contributed by atoms with Gasteiger partial charge in [-0.1, -0.05) is 19.1 Å². The summed E-state index contributed by atoms with van der Waals surface area (Å²) >= 11 is 0. The van der Waals surface area contributed by atoms with E-state index in [1.54, 1.807) is 0 Å². The Morgan fingerprint density at radius 3 is 2.62 bits per heavy atom. The number of fused-ring (bicyclic) bond motifs is 1. The van der Waals surface area contributed by atoms with E-state index >= 15 is 0 Å². The first-order chi connectivity index (χ1) is 9.67. The van der Waals surface area contributed by atoms with E-state index in [9.17, 15) is 14.9 Å². The summed E-state index contributed by atoms with van der Waals surface area (Å²) in [5, 5.41) is 11.0. The van der Waals surface area contributed by atoms with Crippen molar-refractivity contribution >= 4 is 5.97 Å². The zero-order chi connectivity index (χ0) is 15.8. The highest BCUT2D eigenvalue weighted by molar-refractivity contribution is 5.71. The predicted octanol–water partition coefficient (Wildman–Crippen LogP) is 3.21. The van der Waals surface area contributed by atoms with Crippen molar-refractivity contribution in [3.8, 4) is 0 Å². The van der Waals surface area contributed by atoms with Crippen molar-refractivity contribution in [2.75, 3.05) is 6.54 Å². The standard InChI is InChI=1S/C16H25NO4/c1-5-11-6-7-13-12(11)8-16(13,10-17(19)20)9-14(18)21-15(2,3)4/h6-7,11-13H,5,8-10H2,1-4H3/t11?,12-,13+,16+/m0/s1. The second-order valence-electron chi connectivity index (χ2n) is 7.47. The molecule has 0 amide bonds. The molecule has 5 heteroatoms. The molecule has 0 aromatic carbocycles. The Balaban J connectivity index is 2.09. The third-order valence-corrected chi connectivity index (χ3v) is 4.76. The van der Waals surface area contributed by atoms with Crippen LogP contribution in [0.1, 0.15) is 47.0 Å². The van der Waals surface area contributed by atoms with Crippen LogP contribution in [0.5, 0.6) is 0 Å². The van der Waals surface area contributed by atoms with E-state index < -0.39 is 11.0 Å². The number of carbonyl (C=O) groups excluding carboxylic acids is 1. The minimum atomic E-state index is -0.548. The Bertz CT molecular complexity index is 465. The lowest BCUT2D eigenvalue weighted by Gasteiger charge is -2.51. The maximum Gasteiger partial charge on any atom is 0.307 e. The van der Waals surface area contributed by atoms with Crippen molar-refractivity contribution in [2.24, 2.45) is 23.2 Å². The number of allylic oxidation sites excluding steroid dienone is 2. The van der Waals surface area contributed by atoms with Crippen molar-refractivity contribution in [3.05, 3.63) is 22.3 Å². The lowest BCUT2D eigenvalue weighted by Crippen LogP contribution is -2.52. The Morgan fingerprint density at radius 1 is 1.43 bits per heavy atom. The van der Waals surface area contributed by atoms with Gasteiger partial charge in [-0.05, 0) is 51.4 Å². The highest BCUT2D eigenvalue weighted by Crippen LogP contribution is 2.60. The average molecular weight is 295 g/mol. The molecule has 0 saturated heterocycles. The van der Waals surface area contributed by atoms with Crippen LogP contribution in [0.15, 0.2) is 12.2 Å². The molecule has 0 spiro atoms. The normalized spacial score (nSPS) is 34.2. The molecule has 0 heterocycles. The van der Waals surface area contributed by atoms with Gasteiger partial charge in [0.1, 0.15) is 5.60 Å². The predicted molar refractivity (Wildman–Crippen MR) is 79.3 cm³/mol. The van der Waals surface area contributed by atoms with E-state index in [0.717, 1.165) is 12.8 Å². The molecular formula is C16H25NO4. The molecular weight excluding hydrogens is 270 g/mol. The summed E-state index contributed by atoms with van der Waals surface area (Å²) in [7, 11) is 0. The molecule has 0 N–H and O–H groups in total. The largest absolute Gasteiger partial charge is 0.460 e.